The van der Waals surface area contributed by atoms with Crippen LogP contribution in [-0.4, -0.2) is 50.4 Å². The molecule has 2 aromatic rings. The van der Waals surface area contributed by atoms with Crippen LogP contribution in [0.1, 0.15) is 44.1 Å². The van der Waals surface area contributed by atoms with Crippen molar-refractivity contribution < 1.29 is 17.9 Å². The summed E-state index contributed by atoms with van der Waals surface area (Å²) in [6.45, 7) is 0.580. The van der Waals surface area contributed by atoms with Gasteiger partial charge in [-0.05, 0) is 61.6 Å². The molecular weight excluding hydrogens is 424 g/mol. The number of amides is 1. The van der Waals surface area contributed by atoms with Crippen LogP contribution in [0.3, 0.4) is 0 Å². The molecule has 0 radical (unpaired) electrons. The summed E-state index contributed by atoms with van der Waals surface area (Å²) in [7, 11) is -3.40. The number of carbonyl (C=O) groups excluding carboxylic acids is 1. The van der Waals surface area contributed by atoms with E-state index in [1.54, 1.807) is 4.90 Å². The van der Waals surface area contributed by atoms with Crippen LogP contribution in [0.4, 0.5) is 4.79 Å². The van der Waals surface area contributed by atoms with E-state index in [0.717, 1.165) is 48.8 Å². The predicted octanol–water partition coefficient (Wildman–Crippen LogP) is 4.36. The Kier molecular flexibility index (Phi) is 7.16. The van der Waals surface area contributed by atoms with E-state index in [1.807, 2.05) is 30.3 Å². The van der Waals surface area contributed by atoms with E-state index in [0.29, 0.717) is 19.4 Å². The molecule has 172 valence electrons. The van der Waals surface area contributed by atoms with Gasteiger partial charge in [0, 0.05) is 12.6 Å². The molecule has 1 amide bonds. The molecule has 0 unspecified atom stereocenters. The number of nitrogens with one attached hydrogen (secondary N) is 1. The average Bonchev–Trinajstić information content (AvgIpc) is 3.28. The third-order valence-electron chi connectivity index (χ3n) is 6.43. The molecule has 0 aromatic heterocycles. The topological polar surface area (TPSA) is 75.7 Å². The van der Waals surface area contributed by atoms with Crippen LogP contribution in [0.15, 0.2) is 54.6 Å². The van der Waals surface area contributed by atoms with Gasteiger partial charge in [0.05, 0.1) is 12.3 Å². The van der Waals surface area contributed by atoms with Gasteiger partial charge in [-0.2, -0.15) is 0 Å². The zero-order valence-corrected chi connectivity index (χ0v) is 19.4. The standard InChI is InChI=1S/C25H32N2O4S/c1-32(29,30)26-23-15-8-16-27(25(28)31-22-13-5-6-14-22)24(23)18-19-9-7-12-21(17-19)20-10-3-2-4-11-20/h2-4,7,9-12,17,22-24,26H,5-6,8,13-16,18H2,1H3/t23-,24-/m1/s1. The van der Waals surface area contributed by atoms with Gasteiger partial charge >= 0.3 is 6.09 Å². The molecule has 2 aliphatic rings. The molecule has 6 nitrogen and oxygen atoms in total. The summed E-state index contributed by atoms with van der Waals surface area (Å²) >= 11 is 0. The van der Waals surface area contributed by atoms with Crippen molar-refractivity contribution in [3.05, 3.63) is 60.2 Å². The molecule has 32 heavy (non-hydrogen) atoms. The monoisotopic (exact) mass is 456 g/mol. The number of hydrogen-bond acceptors (Lipinski definition) is 4. The highest BCUT2D eigenvalue weighted by Crippen LogP contribution is 2.28. The van der Waals surface area contributed by atoms with E-state index in [1.165, 1.54) is 6.26 Å². The Morgan fingerprint density at radius 3 is 2.44 bits per heavy atom. The van der Waals surface area contributed by atoms with Gasteiger partial charge in [-0.15, -0.1) is 0 Å². The van der Waals surface area contributed by atoms with E-state index in [2.05, 4.69) is 29.0 Å². The molecule has 1 N–H and O–H groups in total. The minimum Gasteiger partial charge on any atom is -0.446 e. The Morgan fingerprint density at radius 1 is 1.00 bits per heavy atom. The van der Waals surface area contributed by atoms with E-state index in [-0.39, 0.29) is 24.3 Å². The number of carbonyl (C=O) groups is 1. The number of ether oxygens (including phenoxy) is 1. The normalized spacial score (nSPS) is 22.1. The van der Waals surface area contributed by atoms with Gasteiger partial charge in [-0.25, -0.2) is 17.9 Å². The second kappa shape index (κ2) is 10.0. The second-order valence-corrected chi connectivity index (χ2v) is 10.7. The smallest absolute Gasteiger partial charge is 0.410 e. The largest absolute Gasteiger partial charge is 0.446 e. The molecule has 2 aromatic carbocycles. The molecule has 1 aliphatic carbocycles. The summed E-state index contributed by atoms with van der Waals surface area (Å²) in [4.78, 5) is 14.8. The fourth-order valence-corrected chi connectivity index (χ4v) is 5.74. The first-order valence-electron chi connectivity index (χ1n) is 11.5. The Balaban J connectivity index is 1.58. The van der Waals surface area contributed by atoms with Crippen molar-refractivity contribution in [2.45, 2.75) is 63.1 Å². The molecule has 1 saturated carbocycles. The zero-order chi connectivity index (χ0) is 22.6. The molecule has 1 saturated heterocycles. The van der Waals surface area contributed by atoms with E-state index in [9.17, 15) is 13.2 Å². The number of rotatable bonds is 6. The number of likely N-dealkylation sites (tertiary alicyclic amines) is 1. The fraction of sp³-hybridized carbons (Fsp3) is 0.480. The average molecular weight is 457 g/mol. The molecule has 1 heterocycles. The lowest BCUT2D eigenvalue weighted by Crippen LogP contribution is -2.58. The molecule has 2 fully saturated rings. The number of benzene rings is 2. The van der Waals surface area contributed by atoms with Crippen molar-refractivity contribution in [2.75, 3.05) is 12.8 Å². The van der Waals surface area contributed by atoms with Crippen molar-refractivity contribution in [1.29, 1.82) is 0 Å². The summed E-state index contributed by atoms with van der Waals surface area (Å²) in [5.41, 5.74) is 3.30. The maximum absolute atomic E-state index is 13.1. The van der Waals surface area contributed by atoms with E-state index in [4.69, 9.17) is 4.74 Å². The van der Waals surface area contributed by atoms with E-state index < -0.39 is 10.0 Å². The number of nitrogens with zero attached hydrogens (tertiary/aromatic N) is 1. The Hall–Kier alpha value is -2.38. The summed E-state index contributed by atoms with van der Waals surface area (Å²) in [5.74, 6) is 0. The SMILES string of the molecule is CS(=O)(=O)N[C@@H]1CCCN(C(=O)OC2CCCC2)[C@@H]1Cc1cccc(-c2ccccc2)c1. The van der Waals surface area contributed by atoms with Crippen molar-refractivity contribution in [3.8, 4) is 11.1 Å². The first kappa shape index (κ1) is 22.8. The van der Waals surface area contributed by atoms with E-state index >= 15 is 0 Å². The maximum Gasteiger partial charge on any atom is 0.410 e. The van der Waals surface area contributed by atoms with Crippen molar-refractivity contribution >= 4 is 16.1 Å². The highest BCUT2D eigenvalue weighted by Gasteiger charge is 2.37. The molecular formula is C25H32N2O4S. The number of piperidine rings is 1. The van der Waals surface area contributed by atoms with Crippen molar-refractivity contribution in [1.82, 2.24) is 9.62 Å². The number of hydrogen-bond donors (Lipinski definition) is 1. The van der Waals surface area contributed by atoms with Crippen LogP contribution in [0.5, 0.6) is 0 Å². The van der Waals surface area contributed by atoms with Crippen LogP contribution >= 0.6 is 0 Å². The molecule has 0 spiro atoms. The lowest BCUT2D eigenvalue weighted by Gasteiger charge is -2.41. The molecule has 2 atom stereocenters. The quantitative estimate of drug-likeness (QED) is 0.701. The Labute approximate surface area is 191 Å². The number of sulfonamides is 1. The first-order chi connectivity index (χ1) is 15.4. The molecule has 4 rings (SSSR count). The second-order valence-electron chi connectivity index (χ2n) is 8.96. The third-order valence-corrected chi connectivity index (χ3v) is 7.16. The Morgan fingerprint density at radius 2 is 1.72 bits per heavy atom. The lowest BCUT2D eigenvalue weighted by molar-refractivity contribution is 0.0378. The van der Waals surface area contributed by atoms with Crippen LogP contribution < -0.4 is 4.72 Å². The minimum absolute atomic E-state index is 0.0206. The predicted molar refractivity (Wildman–Crippen MR) is 126 cm³/mol. The van der Waals surface area contributed by atoms with Gasteiger partial charge in [0.15, 0.2) is 0 Å². The van der Waals surface area contributed by atoms with Crippen LogP contribution in [0.2, 0.25) is 0 Å². The highest BCUT2D eigenvalue weighted by molar-refractivity contribution is 7.88. The summed E-state index contributed by atoms with van der Waals surface area (Å²) in [6, 6.07) is 17.8. The van der Waals surface area contributed by atoms with Gasteiger partial charge in [-0.1, -0.05) is 54.6 Å². The third kappa shape index (κ3) is 5.90. The van der Waals surface area contributed by atoms with Gasteiger partial charge < -0.3 is 9.64 Å². The maximum atomic E-state index is 13.1. The molecule has 0 bridgehead atoms. The van der Waals surface area contributed by atoms with Gasteiger partial charge in [0.2, 0.25) is 10.0 Å². The minimum atomic E-state index is -3.40. The Bertz CT molecular complexity index is 1020. The van der Waals surface area contributed by atoms with Crippen LogP contribution in [-0.2, 0) is 21.2 Å². The van der Waals surface area contributed by atoms with Gasteiger partial charge in [-0.3, -0.25) is 0 Å². The molecule has 1 aliphatic heterocycles. The van der Waals surface area contributed by atoms with Gasteiger partial charge in [0.25, 0.3) is 0 Å². The van der Waals surface area contributed by atoms with Gasteiger partial charge in [0.1, 0.15) is 6.10 Å². The fourth-order valence-electron chi connectivity index (χ4n) is 4.91. The summed E-state index contributed by atoms with van der Waals surface area (Å²) < 4.78 is 32.7. The zero-order valence-electron chi connectivity index (χ0n) is 18.6. The van der Waals surface area contributed by atoms with Crippen molar-refractivity contribution in [3.63, 3.8) is 0 Å². The first-order valence-corrected chi connectivity index (χ1v) is 13.4. The van der Waals surface area contributed by atoms with Crippen LogP contribution in [0.25, 0.3) is 11.1 Å². The summed E-state index contributed by atoms with van der Waals surface area (Å²) in [6.07, 6.45) is 6.84. The summed E-state index contributed by atoms with van der Waals surface area (Å²) in [5, 5.41) is 0. The van der Waals surface area contributed by atoms with Crippen molar-refractivity contribution in [2.24, 2.45) is 0 Å². The lowest BCUT2D eigenvalue weighted by atomic mass is 9.90. The van der Waals surface area contributed by atoms with Crippen LogP contribution in [0, 0.1) is 0 Å². The highest BCUT2D eigenvalue weighted by atomic mass is 32.2. The molecule has 7 heteroatoms.